The molecule has 1 amide bonds. The normalized spacial score (nSPS) is 11.0. The Morgan fingerprint density at radius 1 is 1.20 bits per heavy atom. The number of benzene rings is 2. The molecule has 4 nitrogen and oxygen atoms in total. The van der Waals surface area contributed by atoms with Crippen molar-refractivity contribution in [2.24, 2.45) is 5.10 Å². The van der Waals surface area contributed by atoms with E-state index in [0.29, 0.717) is 11.5 Å². The van der Waals surface area contributed by atoms with Crippen LogP contribution in [0, 0.1) is 12.7 Å². The lowest BCUT2D eigenvalue weighted by Gasteiger charge is -2.02. The molecule has 0 aliphatic rings. The number of hydrazone groups is 1. The molecule has 0 bridgehead atoms. The molecule has 0 radical (unpaired) electrons. The molecule has 0 spiro atoms. The van der Waals surface area contributed by atoms with E-state index in [-0.39, 0.29) is 5.56 Å². The smallest absolute Gasteiger partial charge is 0.271 e. The summed E-state index contributed by atoms with van der Waals surface area (Å²) in [7, 11) is 0. The Bertz CT molecular complexity index is 950. The van der Waals surface area contributed by atoms with E-state index in [1.807, 2.05) is 31.2 Å². The summed E-state index contributed by atoms with van der Waals surface area (Å²) in [6.07, 6.45) is 1.39. The SMILES string of the molecule is Cc1ccc(-c2ccc(/C=N\NC(=O)c3cccc(F)c3)o2)c(Br)c1. The summed E-state index contributed by atoms with van der Waals surface area (Å²) >= 11 is 3.52. The van der Waals surface area contributed by atoms with Gasteiger partial charge in [0.2, 0.25) is 0 Å². The first-order valence-corrected chi connectivity index (χ1v) is 8.27. The van der Waals surface area contributed by atoms with Gasteiger partial charge in [-0.3, -0.25) is 4.79 Å². The van der Waals surface area contributed by atoms with Crippen LogP contribution in [0.5, 0.6) is 0 Å². The number of hydrogen-bond donors (Lipinski definition) is 1. The lowest BCUT2D eigenvalue weighted by Crippen LogP contribution is -2.17. The van der Waals surface area contributed by atoms with Gasteiger partial charge in [0.15, 0.2) is 0 Å². The van der Waals surface area contributed by atoms with Crippen LogP contribution in [0.3, 0.4) is 0 Å². The van der Waals surface area contributed by atoms with E-state index in [4.69, 9.17) is 4.42 Å². The molecule has 1 aromatic heterocycles. The van der Waals surface area contributed by atoms with Gasteiger partial charge in [0.05, 0.1) is 6.21 Å². The summed E-state index contributed by atoms with van der Waals surface area (Å²) in [5, 5.41) is 3.84. The molecule has 1 N–H and O–H groups in total. The Morgan fingerprint density at radius 3 is 2.80 bits per heavy atom. The van der Waals surface area contributed by atoms with Crippen molar-refractivity contribution in [3.05, 3.63) is 81.8 Å². The highest BCUT2D eigenvalue weighted by Crippen LogP contribution is 2.30. The first-order chi connectivity index (χ1) is 12.0. The average molecular weight is 401 g/mol. The van der Waals surface area contributed by atoms with E-state index in [0.717, 1.165) is 21.7 Å². The first kappa shape index (κ1) is 17.1. The van der Waals surface area contributed by atoms with E-state index in [9.17, 15) is 9.18 Å². The number of furan rings is 1. The van der Waals surface area contributed by atoms with Gasteiger partial charge in [0, 0.05) is 15.6 Å². The molecule has 0 unspecified atom stereocenters. The zero-order chi connectivity index (χ0) is 17.8. The fourth-order valence-corrected chi connectivity index (χ4v) is 2.92. The van der Waals surface area contributed by atoms with Crippen molar-refractivity contribution in [2.45, 2.75) is 6.92 Å². The van der Waals surface area contributed by atoms with Crippen LogP contribution in [-0.2, 0) is 0 Å². The Labute approximate surface area is 152 Å². The summed E-state index contributed by atoms with van der Waals surface area (Å²) in [4.78, 5) is 11.9. The number of aryl methyl sites for hydroxylation is 1. The molecule has 0 saturated carbocycles. The highest BCUT2D eigenvalue weighted by molar-refractivity contribution is 9.10. The van der Waals surface area contributed by atoms with E-state index in [2.05, 4.69) is 26.5 Å². The summed E-state index contributed by atoms with van der Waals surface area (Å²) in [5.41, 5.74) is 4.60. The molecule has 0 fully saturated rings. The van der Waals surface area contributed by atoms with Crippen molar-refractivity contribution in [2.75, 3.05) is 0 Å². The first-order valence-electron chi connectivity index (χ1n) is 7.48. The van der Waals surface area contributed by atoms with Crippen LogP contribution < -0.4 is 5.43 Å². The maximum absolute atomic E-state index is 13.1. The molecule has 0 saturated heterocycles. The standard InChI is InChI=1S/C19H14BrFN2O2/c1-12-5-7-16(17(20)9-12)18-8-6-15(25-18)11-22-23-19(24)13-3-2-4-14(21)10-13/h2-11H,1H3,(H,23,24)/b22-11-. The minimum absolute atomic E-state index is 0.195. The van der Waals surface area contributed by atoms with Crippen LogP contribution >= 0.6 is 15.9 Å². The van der Waals surface area contributed by atoms with Crippen molar-refractivity contribution < 1.29 is 13.6 Å². The molecule has 25 heavy (non-hydrogen) atoms. The largest absolute Gasteiger partial charge is 0.455 e. The monoisotopic (exact) mass is 400 g/mol. The zero-order valence-electron chi connectivity index (χ0n) is 13.3. The van der Waals surface area contributed by atoms with E-state index >= 15 is 0 Å². The number of carbonyl (C=O) groups excluding carboxylic acids is 1. The number of carbonyl (C=O) groups is 1. The van der Waals surface area contributed by atoms with Crippen LogP contribution in [0.2, 0.25) is 0 Å². The number of nitrogens with zero attached hydrogens (tertiary/aromatic N) is 1. The number of amides is 1. The van der Waals surface area contributed by atoms with Gasteiger partial charge in [-0.1, -0.05) is 28.1 Å². The van der Waals surface area contributed by atoms with Crippen molar-refractivity contribution >= 4 is 28.1 Å². The van der Waals surface area contributed by atoms with Gasteiger partial charge in [-0.05, 0) is 55.0 Å². The molecule has 0 atom stereocenters. The quantitative estimate of drug-likeness (QED) is 0.499. The molecule has 3 rings (SSSR count). The number of halogens is 2. The maximum Gasteiger partial charge on any atom is 0.271 e. The fourth-order valence-electron chi connectivity index (χ4n) is 2.24. The summed E-state index contributed by atoms with van der Waals surface area (Å²) < 4.78 is 19.7. The van der Waals surface area contributed by atoms with Gasteiger partial charge >= 0.3 is 0 Å². The molecule has 6 heteroatoms. The lowest BCUT2D eigenvalue weighted by molar-refractivity contribution is 0.0954. The highest BCUT2D eigenvalue weighted by Gasteiger charge is 2.08. The predicted octanol–water partition coefficient (Wildman–Crippen LogP) is 4.92. The van der Waals surface area contributed by atoms with Gasteiger partial charge in [-0.25, -0.2) is 9.82 Å². The summed E-state index contributed by atoms with van der Waals surface area (Å²) in [6.45, 7) is 2.01. The molecular formula is C19H14BrFN2O2. The number of hydrogen-bond acceptors (Lipinski definition) is 3. The average Bonchev–Trinajstić information content (AvgIpc) is 3.03. The van der Waals surface area contributed by atoms with Crippen molar-refractivity contribution in [3.8, 4) is 11.3 Å². The minimum atomic E-state index is -0.496. The van der Waals surface area contributed by atoms with Crippen molar-refractivity contribution in [1.29, 1.82) is 0 Å². The summed E-state index contributed by atoms with van der Waals surface area (Å²) in [6, 6.07) is 14.9. The van der Waals surface area contributed by atoms with Gasteiger partial charge in [-0.2, -0.15) is 5.10 Å². The number of rotatable bonds is 4. The van der Waals surface area contributed by atoms with E-state index < -0.39 is 11.7 Å². The Kier molecular flexibility index (Phi) is 5.09. The molecule has 0 aliphatic carbocycles. The molecular weight excluding hydrogens is 387 g/mol. The van der Waals surface area contributed by atoms with Crippen LogP contribution in [0.25, 0.3) is 11.3 Å². The lowest BCUT2D eigenvalue weighted by atomic mass is 10.1. The number of nitrogens with one attached hydrogen (secondary N) is 1. The third-order valence-electron chi connectivity index (χ3n) is 3.46. The minimum Gasteiger partial charge on any atom is -0.455 e. The molecule has 3 aromatic rings. The van der Waals surface area contributed by atoms with Gasteiger partial charge in [0.1, 0.15) is 17.3 Å². The second-order valence-electron chi connectivity index (χ2n) is 5.39. The summed E-state index contributed by atoms with van der Waals surface area (Å²) in [5.74, 6) is 0.201. The highest BCUT2D eigenvalue weighted by atomic mass is 79.9. The maximum atomic E-state index is 13.1. The molecule has 2 aromatic carbocycles. The van der Waals surface area contributed by atoms with Crippen molar-refractivity contribution in [3.63, 3.8) is 0 Å². The Hall–Kier alpha value is -2.73. The van der Waals surface area contributed by atoms with E-state index in [1.54, 1.807) is 6.07 Å². The van der Waals surface area contributed by atoms with Gasteiger partial charge in [-0.15, -0.1) is 0 Å². The molecule has 1 heterocycles. The fraction of sp³-hybridized carbons (Fsp3) is 0.0526. The van der Waals surface area contributed by atoms with Crippen LogP contribution in [0.1, 0.15) is 21.7 Å². The van der Waals surface area contributed by atoms with Crippen LogP contribution in [-0.4, -0.2) is 12.1 Å². The van der Waals surface area contributed by atoms with Crippen molar-refractivity contribution in [1.82, 2.24) is 5.43 Å². The second kappa shape index (κ2) is 7.44. The zero-order valence-corrected chi connectivity index (χ0v) is 14.9. The van der Waals surface area contributed by atoms with Gasteiger partial charge in [0.25, 0.3) is 5.91 Å². The second-order valence-corrected chi connectivity index (χ2v) is 6.25. The predicted molar refractivity (Wildman–Crippen MR) is 98.0 cm³/mol. The van der Waals surface area contributed by atoms with E-state index in [1.165, 1.54) is 24.4 Å². The Morgan fingerprint density at radius 2 is 2.04 bits per heavy atom. The molecule has 126 valence electrons. The van der Waals surface area contributed by atoms with Gasteiger partial charge < -0.3 is 4.42 Å². The third kappa shape index (κ3) is 4.22. The van der Waals surface area contributed by atoms with Crippen LogP contribution in [0.4, 0.5) is 4.39 Å². The third-order valence-corrected chi connectivity index (χ3v) is 4.12. The topological polar surface area (TPSA) is 54.6 Å². The Balaban J connectivity index is 1.69. The molecule has 0 aliphatic heterocycles. The van der Waals surface area contributed by atoms with Crippen LogP contribution in [0.15, 0.2) is 68.6 Å².